The fraction of sp³-hybridized carbons (Fsp3) is 0.500. The molecule has 1 aromatic heterocycles. The van der Waals surface area contributed by atoms with Crippen LogP contribution < -0.4 is 20.3 Å². The van der Waals surface area contributed by atoms with Crippen molar-refractivity contribution in [3.05, 3.63) is 53.7 Å². The van der Waals surface area contributed by atoms with Crippen molar-refractivity contribution < 1.29 is 4.74 Å². The van der Waals surface area contributed by atoms with Crippen LogP contribution >= 0.6 is 0 Å². The molecule has 0 unspecified atom stereocenters. The van der Waals surface area contributed by atoms with Crippen molar-refractivity contribution in [1.82, 2.24) is 20.5 Å². The van der Waals surface area contributed by atoms with E-state index in [-0.39, 0.29) is 5.60 Å². The maximum Gasteiger partial charge on any atom is 0.191 e. The van der Waals surface area contributed by atoms with Gasteiger partial charge in [-0.15, -0.1) is 0 Å². The lowest BCUT2D eigenvalue weighted by Gasteiger charge is -2.34. The maximum absolute atomic E-state index is 6.10. The molecule has 2 aromatic rings. The molecule has 2 heterocycles. The molecule has 0 atom stereocenters. The highest BCUT2D eigenvalue weighted by Crippen LogP contribution is 2.23. The summed E-state index contributed by atoms with van der Waals surface area (Å²) in [6, 6.07) is 12.2. The Morgan fingerprint density at radius 3 is 2.32 bits per heavy atom. The van der Waals surface area contributed by atoms with E-state index in [4.69, 9.17) is 4.74 Å². The number of pyridine rings is 1. The van der Waals surface area contributed by atoms with Crippen molar-refractivity contribution in [2.24, 2.45) is 4.99 Å². The molecule has 168 valence electrons. The van der Waals surface area contributed by atoms with Gasteiger partial charge in [0.2, 0.25) is 0 Å². The zero-order valence-corrected chi connectivity index (χ0v) is 19.5. The molecule has 0 saturated carbocycles. The molecule has 0 radical (unpaired) electrons. The molecule has 2 N–H and O–H groups in total. The minimum atomic E-state index is -0.240. The summed E-state index contributed by atoms with van der Waals surface area (Å²) in [4.78, 5) is 13.8. The van der Waals surface area contributed by atoms with Crippen LogP contribution in [0.25, 0.3) is 0 Å². The molecule has 0 spiro atoms. The second kappa shape index (κ2) is 10.5. The van der Waals surface area contributed by atoms with Gasteiger partial charge in [-0.2, -0.15) is 0 Å². The standard InChI is InChI=1S/C24H36N6O/c1-24(2,3)31-21-11-7-6-9-19(21)17-27-23(25-4)28-18-20-10-8-12-26-22(20)30-15-13-29(5)14-16-30/h6-12H,13-18H2,1-5H3,(H2,25,27,28). The van der Waals surface area contributed by atoms with E-state index in [0.29, 0.717) is 13.1 Å². The van der Waals surface area contributed by atoms with Crippen LogP contribution in [-0.4, -0.2) is 61.7 Å². The predicted molar refractivity (Wildman–Crippen MR) is 128 cm³/mol. The summed E-state index contributed by atoms with van der Waals surface area (Å²) in [7, 11) is 3.95. The molecule has 7 nitrogen and oxygen atoms in total. The number of hydrogen-bond acceptors (Lipinski definition) is 5. The third-order valence-corrected chi connectivity index (χ3v) is 5.18. The molecule has 0 aliphatic carbocycles. The number of likely N-dealkylation sites (N-methyl/N-ethyl adjacent to an activating group) is 1. The van der Waals surface area contributed by atoms with Crippen molar-refractivity contribution in [3.63, 3.8) is 0 Å². The predicted octanol–water partition coefficient (Wildman–Crippen LogP) is 2.88. The highest BCUT2D eigenvalue weighted by Gasteiger charge is 2.18. The quantitative estimate of drug-likeness (QED) is 0.549. The fourth-order valence-electron chi connectivity index (χ4n) is 3.53. The van der Waals surface area contributed by atoms with Crippen molar-refractivity contribution in [1.29, 1.82) is 0 Å². The summed E-state index contributed by atoms with van der Waals surface area (Å²) >= 11 is 0. The molecular formula is C24H36N6O. The van der Waals surface area contributed by atoms with Crippen LogP contribution in [0, 0.1) is 0 Å². The number of piperazine rings is 1. The minimum Gasteiger partial charge on any atom is -0.488 e. The fourth-order valence-corrected chi connectivity index (χ4v) is 3.53. The van der Waals surface area contributed by atoms with E-state index >= 15 is 0 Å². The first-order valence-electron chi connectivity index (χ1n) is 10.9. The number of aliphatic imine (C=N–C) groups is 1. The van der Waals surface area contributed by atoms with Gasteiger partial charge in [0.15, 0.2) is 5.96 Å². The Morgan fingerprint density at radius 1 is 1.00 bits per heavy atom. The third-order valence-electron chi connectivity index (χ3n) is 5.18. The molecule has 1 fully saturated rings. The Balaban J connectivity index is 1.60. The Morgan fingerprint density at radius 2 is 1.65 bits per heavy atom. The summed E-state index contributed by atoms with van der Waals surface area (Å²) in [5.74, 6) is 2.70. The zero-order chi connectivity index (χ0) is 22.3. The van der Waals surface area contributed by atoms with Crippen LogP contribution in [0.1, 0.15) is 31.9 Å². The number of hydrogen-bond donors (Lipinski definition) is 2. The Labute approximate surface area is 186 Å². The van der Waals surface area contributed by atoms with E-state index < -0.39 is 0 Å². The summed E-state index contributed by atoms with van der Waals surface area (Å²) in [5, 5.41) is 6.84. The second-order valence-corrected chi connectivity index (χ2v) is 8.88. The van der Waals surface area contributed by atoms with Crippen LogP contribution in [0.5, 0.6) is 5.75 Å². The number of guanidine groups is 1. The summed E-state index contributed by atoms with van der Waals surface area (Å²) < 4.78 is 6.10. The lowest BCUT2D eigenvalue weighted by atomic mass is 10.1. The van der Waals surface area contributed by atoms with Crippen LogP contribution in [0.15, 0.2) is 47.6 Å². The number of para-hydroxylation sites is 1. The normalized spacial score (nSPS) is 15.6. The van der Waals surface area contributed by atoms with Crippen LogP contribution in [-0.2, 0) is 13.1 Å². The summed E-state index contributed by atoms with van der Waals surface area (Å²) in [6.07, 6.45) is 1.87. The van der Waals surface area contributed by atoms with Crippen LogP contribution in [0.3, 0.4) is 0 Å². The smallest absolute Gasteiger partial charge is 0.191 e. The number of ether oxygens (including phenoxy) is 1. The van der Waals surface area contributed by atoms with Gasteiger partial charge in [-0.3, -0.25) is 4.99 Å². The van der Waals surface area contributed by atoms with Crippen LogP contribution in [0.4, 0.5) is 5.82 Å². The topological polar surface area (TPSA) is 65.0 Å². The number of benzene rings is 1. The molecule has 1 aromatic carbocycles. The molecule has 1 saturated heterocycles. The molecule has 1 aliphatic rings. The lowest BCUT2D eigenvalue weighted by molar-refractivity contribution is 0.129. The highest BCUT2D eigenvalue weighted by molar-refractivity contribution is 5.79. The molecule has 0 amide bonds. The number of anilines is 1. The largest absolute Gasteiger partial charge is 0.488 e. The molecule has 7 heteroatoms. The van der Waals surface area contributed by atoms with Gasteiger partial charge in [0.25, 0.3) is 0 Å². The minimum absolute atomic E-state index is 0.240. The van der Waals surface area contributed by atoms with Crippen molar-refractivity contribution in [3.8, 4) is 5.75 Å². The lowest BCUT2D eigenvalue weighted by Crippen LogP contribution is -2.45. The molecule has 0 bridgehead atoms. The number of rotatable bonds is 6. The van der Waals surface area contributed by atoms with E-state index in [1.807, 2.05) is 30.5 Å². The molecule has 3 rings (SSSR count). The molecule has 1 aliphatic heterocycles. The zero-order valence-electron chi connectivity index (χ0n) is 19.5. The van der Waals surface area contributed by atoms with Crippen molar-refractivity contribution >= 4 is 11.8 Å². The van der Waals surface area contributed by atoms with Gasteiger partial charge >= 0.3 is 0 Å². The average Bonchev–Trinajstić information content (AvgIpc) is 2.75. The summed E-state index contributed by atoms with van der Waals surface area (Å²) in [5.41, 5.74) is 2.03. The second-order valence-electron chi connectivity index (χ2n) is 8.88. The Hall–Kier alpha value is -2.80. The monoisotopic (exact) mass is 424 g/mol. The van der Waals surface area contributed by atoms with Gasteiger partial charge in [-0.05, 0) is 40.0 Å². The Kier molecular flexibility index (Phi) is 7.74. The first kappa shape index (κ1) is 22.9. The van der Waals surface area contributed by atoms with Crippen LogP contribution in [0.2, 0.25) is 0 Å². The van der Waals surface area contributed by atoms with Gasteiger partial charge in [0, 0.05) is 63.6 Å². The molecule has 31 heavy (non-hydrogen) atoms. The number of nitrogens with zero attached hydrogens (tertiary/aromatic N) is 4. The van der Waals surface area contributed by atoms with Gasteiger partial charge in [0.05, 0.1) is 0 Å². The van der Waals surface area contributed by atoms with E-state index in [1.165, 1.54) is 5.56 Å². The third kappa shape index (κ3) is 6.85. The van der Waals surface area contributed by atoms with Gasteiger partial charge in [-0.1, -0.05) is 24.3 Å². The van der Waals surface area contributed by atoms with Crippen molar-refractivity contribution in [2.45, 2.75) is 39.5 Å². The van der Waals surface area contributed by atoms with E-state index in [0.717, 1.165) is 49.3 Å². The first-order valence-corrected chi connectivity index (χ1v) is 10.9. The molecular weight excluding hydrogens is 388 g/mol. The van der Waals surface area contributed by atoms with Gasteiger partial charge < -0.3 is 25.2 Å². The number of aromatic nitrogens is 1. The summed E-state index contributed by atoms with van der Waals surface area (Å²) in [6.45, 7) is 11.6. The van der Waals surface area contributed by atoms with E-state index in [2.05, 4.69) is 70.4 Å². The van der Waals surface area contributed by atoms with Crippen molar-refractivity contribution in [2.75, 3.05) is 45.2 Å². The number of nitrogens with one attached hydrogen (secondary N) is 2. The van der Waals surface area contributed by atoms with E-state index in [1.54, 1.807) is 7.05 Å². The Bertz CT molecular complexity index is 868. The van der Waals surface area contributed by atoms with E-state index in [9.17, 15) is 0 Å². The SMILES string of the molecule is CN=C(NCc1ccccc1OC(C)(C)C)NCc1cccnc1N1CCN(C)CC1. The maximum atomic E-state index is 6.10. The average molecular weight is 425 g/mol. The van der Waals surface area contributed by atoms with Gasteiger partial charge in [0.1, 0.15) is 17.2 Å². The van der Waals surface area contributed by atoms with Gasteiger partial charge in [-0.25, -0.2) is 4.98 Å². The highest BCUT2D eigenvalue weighted by atomic mass is 16.5. The first-order chi connectivity index (χ1) is 14.9.